The van der Waals surface area contributed by atoms with Gasteiger partial charge in [-0.15, -0.1) is 12.4 Å². The summed E-state index contributed by atoms with van der Waals surface area (Å²) >= 11 is 0. The van der Waals surface area contributed by atoms with Crippen LogP contribution in [0.2, 0.25) is 0 Å². The zero-order valence-corrected chi connectivity index (χ0v) is 12.1. The molecule has 5 N–H and O–H groups in total. The van der Waals surface area contributed by atoms with E-state index in [0.717, 1.165) is 0 Å². The Kier molecular flexibility index (Phi) is 8.35. The second-order valence-electron chi connectivity index (χ2n) is 4.09. The van der Waals surface area contributed by atoms with Gasteiger partial charge in [0.2, 0.25) is 11.8 Å². The summed E-state index contributed by atoms with van der Waals surface area (Å²) in [5, 5.41) is 2.70. The van der Waals surface area contributed by atoms with Crippen LogP contribution >= 0.6 is 12.4 Å². The van der Waals surface area contributed by atoms with Crippen molar-refractivity contribution in [3.63, 3.8) is 0 Å². The summed E-state index contributed by atoms with van der Waals surface area (Å²) < 4.78 is 5.31. The quantitative estimate of drug-likeness (QED) is 0.699. The summed E-state index contributed by atoms with van der Waals surface area (Å²) in [7, 11) is 0. The third kappa shape index (κ3) is 6.40. The number of carbonyl (C=O) groups excluding carboxylic acids is 2. The van der Waals surface area contributed by atoms with Crippen molar-refractivity contribution in [1.82, 2.24) is 0 Å². The molecule has 112 valence electrons. The normalized spacial score (nSPS) is 11.1. The molecule has 20 heavy (non-hydrogen) atoms. The summed E-state index contributed by atoms with van der Waals surface area (Å²) in [6, 6.07) is 6.31. The van der Waals surface area contributed by atoms with Gasteiger partial charge in [0.15, 0.2) is 0 Å². The summed E-state index contributed by atoms with van der Waals surface area (Å²) in [6.45, 7) is 2.08. The van der Waals surface area contributed by atoms with Gasteiger partial charge < -0.3 is 21.5 Å². The Hall–Kier alpha value is -1.79. The van der Waals surface area contributed by atoms with E-state index in [1.807, 2.05) is 6.92 Å². The minimum Gasteiger partial charge on any atom is -0.493 e. The highest BCUT2D eigenvalue weighted by atomic mass is 35.5. The van der Waals surface area contributed by atoms with Crippen molar-refractivity contribution < 1.29 is 14.3 Å². The molecule has 0 unspecified atom stereocenters. The number of halogens is 1. The summed E-state index contributed by atoms with van der Waals surface area (Å²) in [6.07, 6.45) is 0.754. The Balaban J connectivity index is 0.00000361. The van der Waals surface area contributed by atoms with Crippen LogP contribution in [0.5, 0.6) is 5.75 Å². The molecule has 0 aliphatic rings. The average Bonchev–Trinajstić information content (AvgIpc) is 2.39. The van der Waals surface area contributed by atoms with Crippen LogP contribution < -0.4 is 21.5 Å². The maximum atomic E-state index is 11.6. The third-order valence-electron chi connectivity index (χ3n) is 2.52. The molecule has 1 atom stereocenters. The van der Waals surface area contributed by atoms with Gasteiger partial charge in [-0.2, -0.15) is 0 Å². The second-order valence-corrected chi connectivity index (χ2v) is 4.09. The number of benzene rings is 1. The van der Waals surface area contributed by atoms with Crippen LogP contribution in [-0.4, -0.2) is 24.5 Å². The van der Waals surface area contributed by atoms with Crippen LogP contribution in [0.15, 0.2) is 24.3 Å². The third-order valence-corrected chi connectivity index (χ3v) is 2.52. The van der Waals surface area contributed by atoms with Gasteiger partial charge in [-0.25, -0.2) is 0 Å². The first-order valence-corrected chi connectivity index (χ1v) is 6.10. The zero-order chi connectivity index (χ0) is 14.3. The molecule has 0 aliphatic heterocycles. The van der Waals surface area contributed by atoms with E-state index in [9.17, 15) is 9.59 Å². The predicted molar refractivity (Wildman–Crippen MR) is 79.9 cm³/mol. The highest BCUT2D eigenvalue weighted by Crippen LogP contribution is 2.16. The van der Waals surface area contributed by atoms with E-state index in [0.29, 0.717) is 17.9 Å². The molecule has 0 aliphatic carbocycles. The van der Waals surface area contributed by atoms with Gasteiger partial charge >= 0.3 is 0 Å². The smallest absolute Gasteiger partial charge is 0.241 e. The summed E-state index contributed by atoms with van der Waals surface area (Å²) in [4.78, 5) is 22.1. The molecular formula is C13H20ClN3O3. The number of primary amides is 1. The summed E-state index contributed by atoms with van der Waals surface area (Å²) in [5.74, 6) is -0.0126. The Morgan fingerprint density at radius 1 is 1.30 bits per heavy atom. The van der Waals surface area contributed by atoms with Crippen molar-refractivity contribution in [3.8, 4) is 5.75 Å². The number of nitrogens with two attached hydrogens (primary N) is 2. The lowest BCUT2D eigenvalue weighted by molar-refractivity contribution is -0.118. The number of rotatable bonds is 7. The molecule has 0 spiro atoms. The molecule has 6 nitrogen and oxygen atoms in total. The molecule has 0 radical (unpaired) electrons. The topological polar surface area (TPSA) is 107 Å². The number of anilines is 1. The van der Waals surface area contributed by atoms with Crippen LogP contribution in [0.3, 0.4) is 0 Å². The van der Waals surface area contributed by atoms with Crippen molar-refractivity contribution in [3.05, 3.63) is 24.3 Å². The first-order valence-electron chi connectivity index (χ1n) is 6.10. The molecule has 0 aromatic heterocycles. The van der Waals surface area contributed by atoms with Gasteiger partial charge in [0, 0.05) is 5.69 Å². The highest BCUT2D eigenvalue weighted by molar-refractivity contribution is 5.94. The molecule has 0 bridgehead atoms. The molecule has 7 heteroatoms. The van der Waals surface area contributed by atoms with Crippen LogP contribution in [0.4, 0.5) is 5.69 Å². The molecule has 0 heterocycles. The average molecular weight is 302 g/mol. The largest absolute Gasteiger partial charge is 0.493 e. The molecule has 1 aromatic rings. The number of ether oxygens (including phenoxy) is 1. The standard InChI is InChI=1S/C13H19N3O3.ClH/c1-2-11(14)13(18)16-9-3-5-10(6-4-9)19-8-7-12(15)17;/h3-6,11H,2,7-8,14H2,1H3,(H2,15,17)(H,16,18);1H/t11-;/m0./s1. The van der Waals surface area contributed by atoms with E-state index in [1.165, 1.54) is 0 Å². The van der Waals surface area contributed by atoms with Crippen LogP contribution in [0.1, 0.15) is 19.8 Å². The maximum absolute atomic E-state index is 11.6. The molecular weight excluding hydrogens is 282 g/mol. The number of hydrogen-bond acceptors (Lipinski definition) is 4. The Morgan fingerprint density at radius 3 is 2.40 bits per heavy atom. The molecule has 0 saturated heterocycles. The molecule has 0 fully saturated rings. The summed E-state index contributed by atoms with van der Waals surface area (Å²) in [5.41, 5.74) is 11.3. The lowest BCUT2D eigenvalue weighted by Gasteiger charge is -2.10. The molecule has 2 amide bonds. The monoisotopic (exact) mass is 301 g/mol. The van der Waals surface area contributed by atoms with Crippen molar-refractivity contribution in [2.75, 3.05) is 11.9 Å². The van der Waals surface area contributed by atoms with E-state index in [4.69, 9.17) is 16.2 Å². The van der Waals surface area contributed by atoms with Crippen molar-refractivity contribution in [2.45, 2.75) is 25.8 Å². The zero-order valence-electron chi connectivity index (χ0n) is 11.3. The van der Waals surface area contributed by atoms with E-state index >= 15 is 0 Å². The predicted octanol–water partition coefficient (Wildman–Crippen LogP) is 1.04. The first kappa shape index (κ1) is 18.2. The minimum atomic E-state index is -0.508. The Labute approximate surface area is 124 Å². The molecule has 0 saturated carbocycles. The fourth-order valence-corrected chi connectivity index (χ4v) is 1.32. The fraction of sp³-hybridized carbons (Fsp3) is 0.385. The maximum Gasteiger partial charge on any atom is 0.241 e. The van der Waals surface area contributed by atoms with Gasteiger partial charge in [0.1, 0.15) is 5.75 Å². The van der Waals surface area contributed by atoms with Crippen LogP contribution in [-0.2, 0) is 9.59 Å². The lowest BCUT2D eigenvalue weighted by atomic mass is 10.2. The number of hydrogen-bond donors (Lipinski definition) is 3. The van der Waals surface area contributed by atoms with Gasteiger partial charge in [-0.05, 0) is 30.7 Å². The number of nitrogens with one attached hydrogen (secondary N) is 1. The minimum absolute atomic E-state index is 0. The van der Waals surface area contributed by atoms with Crippen LogP contribution in [0.25, 0.3) is 0 Å². The van der Waals surface area contributed by atoms with Crippen molar-refractivity contribution >= 4 is 29.9 Å². The van der Waals surface area contributed by atoms with E-state index in [2.05, 4.69) is 5.32 Å². The van der Waals surface area contributed by atoms with E-state index in [1.54, 1.807) is 24.3 Å². The Morgan fingerprint density at radius 2 is 1.90 bits per heavy atom. The van der Waals surface area contributed by atoms with Crippen LogP contribution in [0, 0.1) is 0 Å². The Bertz CT molecular complexity index is 437. The van der Waals surface area contributed by atoms with Gasteiger partial charge in [-0.3, -0.25) is 9.59 Å². The fourth-order valence-electron chi connectivity index (χ4n) is 1.32. The van der Waals surface area contributed by atoms with Gasteiger partial charge in [0.05, 0.1) is 19.1 Å². The van der Waals surface area contributed by atoms with E-state index in [-0.39, 0.29) is 31.3 Å². The van der Waals surface area contributed by atoms with Gasteiger partial charge in [0.25, 0.3) is 0 Å². The van der Waals surface area contributed by atoms with Crippen molar-refractivity contribution in [2.24, 2.45) is 11.5 Å². The SMILES string of the molecule is CC[C@H](N)C(=O)Nc1ccc(OCCC(N)=O)cc1.Cl. The number of amides is 2. The highest BCUT2D eigenvalue weighted by Gasteiger charge is 2.10. The second kappa shape index (κ2) is 9.17. The first-order chi connectivity index (χ1) is 9.02. The van der Waals surface area contributed by atoms with Gasteiger partial charge in [-0.1, -0.05) is 6.92 Å². The number of carbonyl (C=O) groups is 2. The van der Waals surface area contributed by atoms with E-state index < -0.39 is 11.9 Å². The molecule has 1 rings (SSSR count). The van der Waals surface area contributed by atoms with Crippen molar-refractivity contribution in [1.29, 1.82) is 0 Å². The lowest BCUT2D eigenvalue weighted by Crippen LogP contribution is -2.34. The molecule has 1 aromatic carbocycles.